The van der Waals surface area contributed by atoms with Gasteiger partial charge < -0.3 is 14.1 Å². The van der Waals surface area contributed by atoms with E-state index >= 15 is 0 Å². The molecule has 3 heterocycles. The first kappa shape index (κ1) is 15.2. The van der Waals surface area contributed by atoms with Crippen molar-refractivity contribution in [2.75, 3.05) is 24.6 Å². The third kappa shape index (κ3) is 2.15. The van der Waals surface area contributed by atoms with E-state index in [4.69, 9.17) is 9.15 Å². The Kier molecular flexibility index (Phi) is 3.11. The first-order chi connectivity index (χ1) is 13.3. The summed E-state index contributed by atoms with van der Waals surface area (Å²) in [4.78, 5) is 11.4. The van der Waals surface area contributed by atoms with E-state index in [2.05, 4.69) is 39.1 Å². The van der Waals surface area contributed by atoms with Crippen LogP contribution in [0.1, 0.15) is 17.5 Å². The standard InChI is InChI=1S/C22H19N3O2/c1-3-7-17-15(5-1)9-10-22(17)13-25(11-12-26-22)21-20-19(23-14-24-21)16-6-2-4-8-18(16)27-20/h1-8,14H,9-13H2. The average molecular weight is 357 g/mol. The van der Waals surface area contributed by atoms with Crippen LogP contribution in [0.15, 0.2) is 59.3 Å². The van der Waals surface area contributed by atoms with Gasteiger partial charge in [-0.1, -0.05) is 36.4 Å². The van der Waals surface area contributed by atoms with E-state index in [9.17, 15) is 0 Å². The van der Waals surface area contributed by atoms with Crippen molar-refractivity contribution < 1.29 is 9.15 Å². The maximum Gasteiger partial charge on any atom is 0.196 e. The van der Waals surface area contributed by atoms with Gasteiger partial charge in [0.15, 0.2) is 11.4 Å². The number of fused-ring (bicyclic) bond motifs is 5. The molecule has 2 aromatic carbocycles. The molecule has 0 amide bonds. The van der Waals surface area contributed by atoms with E-state index < -0.39 is 0 Å². The molecule has 2 aromatic heterocycles. The number of hydrogen-bond donors (Lipinski definition) is 0. The molecule has 1 aliphatic heterocycles. The molecular weight excluding hydrogens is 338 g/mol. The Bertz CT molecular complexity index is 1160. The van der Waals surface area contributed by atoms with Crippen molar-refractivity contribution in [3.05, 3.63) is 66.0 Å². The quantitative estimate of drug-likeness (QED) is 0.514. The maximum absolute atomic E-state index is 6.36. The molecule has 6 rings (SSSR count). The molecular formula is C22H19N3O2. The lowest BCUT2D eigenvalue weighted by molar-refractivity contribution is -0.0593. The Hall–Kier alpha value is -2.92. The molecule has 0 radical (unpaired) electrons. The minimum atomic E-state index is -0.252. The molecule has 5 nitrogen and oxygen atoms in total. The number of furan rings is 1. The van der Waals surface area contributed by atoms with Crippen LogP contribution in [0.25, 0.3) is 22.1 Å². The van der Waals surface area contributed by atoms with Crippen LogP contribution in [0.2, 0.25) is 0 Å². The van der Waals surface area contributed by atoms with E-state index in [0.29, 0.717) is 6.61 Å². The van der Waals surface area contributed by atoms with Crippen LogP contribution in [0.4, 0.5) is 5.82 Å². The summed E-state index contributed by atoms with van der Waals surface area (Å²) in [6.07, 6.45) is 3.72. The Labute approximate surface area is 156 Å². The van der Waals surface area contributed by atoms with Crippen LogP contribution >= 0.6 is 0 Å². The number of ether oxygens (including phenoxy) is 1. The van der Waals surface area contributed by atoms with Gasteiger partial charge in [-0.05, 0) is 36.1 Å². The largest absolute Gasteiger partial charge is 0.450 e. The highest BCUT2D eigenvalue weighted by atomic mass is 16.5. The third-order valence-electron chi connectivity index (χ3n) is 5.93. The smallest absolute Gasteiger partial charge is 0.196 e. The number of para-hydroxylation sites is 1. The van der Waals surface area contributed by atoms with Crippen LogP contribution in [-0.4, -0.2) is 29.7 Å². The first-order valence-corrected chi connectivity index (χ1v) is 9.44. The summed E-state index contributed by atoms with van der Waals surface area (Å²) in [7, 11) is 0. The molecule has 1 atom stereocenters. The number of aromatic nitrogens is 2. The van der Waals surface area contributed by atoms with Gasteiger partial charge in [-0.15, -0.1) is 0 Å². The van der Waals surface area contributed by atoms with Crippen molar-refractivity contribution in [2.45, 2.75) is 18.4 Å². The fourth-order valence-electron chi connectivity index (χ4n) is 4.67. The first-order valence-electron chi connectivity index (χ1n) is 9.44. The zero-order valence-corrected chi connectivity index (χ0v) is 14.9. The molecule has 1 aliphatic carbocycles. The molecule has 1 unspecified atom stereocenters. The summed E-state index contributed by atoms with van der Waals surface area (Å²) in [5.41, 5.74) is 4.96. The summed E-state index contributed by atoms with van der Waals surface area (Å²) in [6.45, 7) is 2.26. The zero-order valence-electron chi connectivity index (χ0n) is 14.9. The lowest BCUT2D eigenvalue weighted by atomic mass is 9.93. The van der Waals surface area contributed by atoms with Crippen LogP contribution in [0.3, 0.4) is 0 Å². The lowest BCUT2D eigenvalue weighted by Gasteiger charge is -2.41. The zero-order chi connectivity index (χ0) is 17.8. The number of hydrogen-bond acceptors (Lipinski definition) is 5. The molecule has 134 valence electrons. The van der Waals surface area contributed by atoms with Gasteiger partial charge in [0.05, 0.1) is 13.2 Å². The monoisotopic (exact) mass is 357 g/mol. The van der Waals surface area contributed by atoms with Crippen molar-refractivity contribution in [1.29, 1.82) is 0 Å². The van der Waals surface area contributed by atoms with E-state index in [1.807, 2.05) is 24.3 Å². The molecule has 0 saturated carbocycles. The Morgan fingerprint density at radius 3 is 2.89 bits per heavy atom. The van der Waals surface area contributed by atoms with Gasteiger partial charge in [0, 0.05) is 11.9 Å². The van der Waals surface area contributed by atoms with Gasteiger partial charge in [0.1, 0.15) is 23.0 Å². The molecule has 5 heteroatoms. The molecule has 1 fully saturated rings. The average Bonchev–Trinajstić information content (AvgIpc) is 3.27. The lowest BCUT2D eigenvalue weighted by Crippen LogP contribution is -2.49. The SMILES string of the molecule is c1ccc2c(c1)CCC21CN(c2ncnc3c2oc2ccccc23)CCO1. The molecule has 1 saturated heterocycles. The van der Waals surface area contributed by atoms with Crippen molar-refractivity contribution >= 4 is 27.9 Å². The van der Waals surface area contributed by atoms with Gasteiger partial charge in [-0.25, -0.2) is 9.97 Å². The topological polar surface area (TPSA) is 51.4 Å². The van der Waals surface area contributed by atoms with Gasteiger partial charge in [-0.2, -0.15) is 0 Å². The highest BCUT2D eigenvalue weighted by Gasteiger charge is 2.44. The molecule has 1 spiro atoms. The van der Waals surface area contributed by atoms with Gasteiger partial charge >= 0.3 is 0 Å². The Morgan fingerprint density at radius 2 is 1.89 bits per heavy atom. The highest BCUT2D eigenvalue weighted by Crippen LogP contribution is 2.43. The second kappa shape index (κ2) is 5.54. The Morgan fingerprint density at radius 1 is 1.00 bits per heavy atom. The molecule has 2 aliphatic rings. The fraction of sp³-hybridized carbons (Fsp3) is 0.273. The van der Waals surface area contributed by atoms with Gasteiger partial charge in [-0.3, -0.25) is 0 Å². The highest BCUT2D eigenvalue weighted by molar-refractivity contribution is 6.05. The minimum Gasteiger partial charge on any atom is -0.450 e. The third-order valence-corrected chi connectivity index (χ3v) is 5.93. The fourth-order valence-corrected chi connectivity index (χ4v) is 4.67. The van der Waals surface area contributed by atoms with E-state index in [1.54, 1.807) is 6.33 Å². The van der Waals surface area contributed by atoms with E-state index in [1.165, 1.54) is 11.1 Å². The number of anilines is 1. The second-order valence-electron chi connectivity index (χ2n) is 7.39. The van der Waals surface area contributed by atoms with Crippen LogP contribution in [0, 0.1) is 0 Å². The van der Waals surface area contributed by atoms with E-state index in [-0.39, 0.29) is 5.60 Å². The Balaban J connectivity index is 1.46. The number of aryl methyl sites for hydroxylation is 1. The van der Waals surface area contributed by atoms with Crippen molar-refractivity contribution in [1.82, 2.24) is 9.97 Å². The van der Waals surface area contributed by atoms with Gasteiger partial charge in [0.2, 0.25) is 0 Å². The van der Waals surface area contributed by atoms with E-state index in [0.717, 1.165) is 53.8 Å². The summed E-state index contributed by atoms with van der Waals surface area (Å²) in [6, 6.07) is 16.7. The van der Waals surface area contributed by atoms with Crippen molar-refractivity contribution in [3.63, 3.8) is 0 Å². The van der Waals surface area contributed by atoms with Gasteiger partial charge in [0.25, 0.3) is 0 Å². The number of rotatable bonds is 1. The molecule has 0 N–H and O–H groups in total. The predicted octanol–water partition coefficient (Wildman–Crippen LogP) is 4.05. The minimum absolute atomic E-state index is 0.252. The summed E-state index contributed by atoms with van der Waals surface area (Å²) >= 11 is 0. The molecule has 27 heavy (non-hydrogen) atoms. The normalized spacial score (nSPS) is 22.0. The molecule has 4 aromatic rings. The van der Waals surface area contributed by atoms with Crippen LogP contribution in [-0.2, 0) is 16.8 Å². The molecule has 0 bridgehead atoms. The predicted molar refractivity (Wildman–Crippen MR) is 104 cm³/mol. The number of benzene rings is 2. The van der Waals surface area contributed by atoms with Crippen LogP contribution < -0.4 is 4.90 Å². The van der Waals surface area contributed by atoms with Crippen LogP contribution in [0.5, 0.6) is 0 Å². The van der Waals surface area contributed by atoms with Crippen molar-refractivity contribution in [3.8, 4) is 0 Å². The number of nitrogens with zero attached hydrogens (tertiary/aromatic N) is 3. The van der Waals surface area contributed by atoms with Crippen molar-refractivity contribution in [2.24, 2.45) is 0 Å². The summed E-state index contributed by atoms with van der Waals surface area (Å²) < 4.78 is 12.5. The summed E-state index contributed by atoms with van der Waals surface area (Å²) in [5, 5.41) is 1.03. The summed E-state index contributed by atoms with van der Waals surface area (Å²) in [5.74, 6) is 0.864. The number of morpholine rings is 1. The second-order valence-corrected chi connectivity index (χ2v) is 7.39. The maximum atomic E-state index is 6.36.